The Balaban J connectivity index is 1.61. The maximum atomic E-state index is 13.9. The molecule has 14 heteroatoms. The third-order valence-corrected chi connectivity index (χ3v) is 7.80. The van der Waals surface area contributed by atoms with Gasteiger partial charge in [0.2, 0.25) is 0 Å². The fourth-order valence-electron chi connectivity index (χ4n) is 4.88. The summed E-state index contributed by atoms with van der Waals surface area (Å²) in [5.41, 5.74) is 1.01. The minimum atomic E-state index is -4.74. The van der Waals surface area contributed by atoms with Gasteiger partial charge in [-0.15, -0.1) is 0 Å². The molecule has 3 heterocycles. The summed E-state index contributed by atoms with van der Waals surface area (Å²) in [4.78, 5) is 4.28. The van der Waals surface area contributed by atoms with E-state index in [0.29, 0.717) is 5.69 Å². The van der Waals surface area contributed by atoms with Gasteiger partial charge in [-0.05, 0) is 60.2 Å². The van der Waals surface area contributed by atoms with Crippen molar-refractivity contribution >= 4 is 34.2 Å². The summed E-state index contributed by atoms with van der Waals surface area (Å²) >= 11 is 8.15. The Hall–Kier alpha value is -2.56. The van der Waals surface area contributed by atoms with Gasteiger partial charge in [0.1, 0.15) is 42.0 Å². The predicted octanol–water partition coefficient (Wildman–Crippen LogP) is 4.42. The highest BCUT2D eigenvalue weighted by Crippen LogP contribution is 2.41. The van der Waals surface area contributed by atoms with Crippen molar-refractivity contribution in [1.29, 1.82) is 0 Å². The molecule has 9 nitrogen and oxygen atoms in total. The quantitative estimate of drug-likeness (QED) is 0.266. The number of aliphatic hydroxyl groups excluding tert-OH is 3. The molecule has 212 valence electrons. The highest BCUT2D eigenvalue weighted by atomic mass is 127. The van der Waals surface area contributed by atoms with E-state index in [9.17, 15) is 28.5 Å². The van der Waals surface area contributed by atoms with E-state index in [4.69, 9.17) is 16.3 Å². The van der Waals surface area contributed by atoms with Crippen LogP contribution in [0, 0.1) is 17.4 Å². The molecular weight excluding hydrogens is 666 g/mol. The van der Waals surface area contributed by atoms with Gasteiger partial charge in [0.15, 0.2) is 5.82 Å². The van der Waals surface area contributed by atoms with Crippen LogP contribution in [-0.4, -0.2) is 64.8 Å². The maximum Gasteiger partial charge on any atom is 0.418 e. The number of aliphatic hydroxyl groups is 3. The van der Waals surface area contributed by atoms with E-state index in [0.717, 1.165) is 37.6 Å². The molecule has 0 saturated carbocycles. The Labute approximate surface area is 245 Å². The van der Waals surface area contributed by atoms with Crippen LogP contribution in [0.4, 0.5) is 13.2 Å². The molecule has 0 amide bonds. The lowest BCUT2D eigenvalue weighted by molar-refractivity contribution is -0.210. The summed E-state index contributed by atoms with van der Waals surface area (Å²) in [5.74, 6) is -0.0494. The van der Waals surface area contributed by atoms with Gasteiger partial charge in [-0.25, -0.2) is 9.67 Å². The number of benzene rings is 2. The molecule has 1 aliphatic rings. The van der Waals surface area contributed by atoms with Gasteiger partial charge >= 0.3 is 6.18 Å². The third-order valence-electron chi connectivity index (χ3n) is 6.77. The lowest BCUT2D eigenvalue weighted by Gasteiger charge is -2.42. The molecule has 2 aromatic heterocycles. The van der Waals surface area contributed by atoms with E-state index in [1.54, 1.807) is 6.20 Å². The van der Waals surface area contributed by atoms with Crippen molar-refractivity contribution in [3.8, 4) is 16.9 Å². The fourth-order valence-corrected chi connectivity index (χ4v) is 5.73. The van der Waals surface area contributed by atoms with Crippen LogP contribution in [0.15, 0.2) is 48.7 Å². The van der Waals surface area contributed by atoms with E-state index >= 15 is 0 Å². The van der Waals surface area contributed by atoms with Gasteiger partial charge in [-0.2, -0.15) is 23.4 Å². The van der Waals surface area contributed by atoms with Crippen LogP contribution in [-0.2, 0) is 10.9 Å². The summed E-state index contributed by atoms with van der Waals surface area (Å²) in [6.45, 7) is 2.77. The van der Waals surface area contributed by atoms with Gasteiger partial charge in [-0.1, -0.05) is 35.9 Å². The summed E-state index contributed by atoms with van der Waals surface area (Å²) in [6, 6.07) is 9.49. The Morgan fingerprint density at radius 2 is 1.80 bits per heavy atom. The van der Waals surface area contributed by atoms with Gasteiger partial charge in [-0.3, -0.25) is 4.68 Å². The number of alkyl halides is 3. The molecule has 0 unspecified atom stereocenters. The van der Waals surface area contributed by atoms with E-state index in [-0.39, 0.29) is 16.7 Å². The number of hydrogen-bond donors (Lipinski definition) is 3. The van der Waals surface area contributed by atoms with Gasteiger partial charge in [0.25, 0.3) is 0 Å². The first-order valence-corrected chi connectivity index (χ1v) is 13.6. The Kier molecular flexibility index (Phi) is 7.98. The average Bonchev–Trinajstić information content (AvgIpc) is 3.46. The molecule has 2 aromatic carbocycles. The number of halogens is 5. The summed E-state index contributed by atoms with van der Waals surface area (Å²) in [7, 11) is 0. The number of ether oxygens (including phenoxy) is 1. The number of aromatic nitrogens is 5. The maximum absolute atomic E-state index is 13.9. The zero-order valence-electron chi connectivity index (χ0n) is 21.1. The smallest absolute Gasteiger partial charge is 0.394 e. The Morgan fingerprint density at radius 3 is 2.48 bits per heavy atom. The number of nitrogens with zero attached hydrogens (tertiary/aromatic N) is 5. The molecular formula is C26H24ClF3IN5O4. The van der Waals surface area contributed by atoms with Crippen molar-refractivity contribution in [2.24, 2.45) is 0 Å². The first kappa shape index (κ1) is 29.0. The predicted molar refractivity (Wildman–Crippen MR) is 147 cm³/mol. The second kappa shape index (κ2) is 11.0. The van der Waals surface area contributed by atoms with E-state index in [2.05, 4.69) is 37.8 Å². The van der Waals surface area contributed by atoms with Crippen molar-refractivity contribution in [2.75, 3.05) is 6.61 Å². The first-order valence-electron chi connectivity index (χ1n) is 12.1. The van der Waals surface area contributed by atoms with Gasteiger partial charge in [0.05, 0.1) is 21.4 Å². The second-order valence-corrected chi connectivity index (χ2v) is 11.1. The molecule has 4 aromatic rings. The highest BCUT2D eigenvalue weighted by molar-refractivity contribution is 14.1. The Morgan fingerprint density at radius 1 is 1.07 bits per heavy atom. The van der Waals surface area contributed by atoms with Crippen LogP contribution in [0.5, 0.6) is 0 Å². The van der Waals surface area contributed by atoms with Crippen molar-refractivity contribution in [1.82, 2.24) is 24.5 Å². The average molecular weight is 690 g/mol. The minimum Gasteiger partial charge on any atom is -0.394 e. The lowest BCUT2D eigenvalue weighted by Crippen LogP contribution is -2.53. The van der Waals surface area contributed by atoms with Gasteiger partial charge < -0.3 is 20.1 Å². The second-order valence-electron chi connectivity index (χ2n) is 9.46. The molecule has 0 spiro atoms. The molecule has 5 atom stereocenters. The zero-order chi connectivity index (χ0) is 28.9. The van der Waals surface area contributed by atoms with Crippen molar-refractivity contribution in [2.45, 2.75) is 50.5 Å². The van der Waals surface area contributed by atoms with Crippen molar-refractivity contribution < 1.29 is 33.2 Å². The van der Waals surface area contributed by atoms with Crippen LogP contribution < -0.4 is 0 Å². The Bertz CT molecular complexity index is 1550. The molecule has 0 aliphatic carbocycles. The normalized spacial score (nSPS) is 23.5. The van der Waals surface area contributed by atoms with Crippen LogP contribution in [0.1, 0.15) is 34.9 Å². The molecule has 1 saturated heterocycles. The molecule has 40 heavy (non-hydrogen) atoms. The topological polar surface area (TPSA) is 118 Å². The van der Waals surface area contributed by atoms with Crippen LogP contribution in [0.3, 0.4) is 0 Å². The van der Waals surface area contributed by atoms with Crippen molar-refractivity contribution in [3.63, 3.8) is 0 Å². The van der Waals surface area contributed by atoms with Crippen LogP contribution in [0.2, 0.25) is 5.02 Å². The zero-order valence-corrected chi connectivity index (χ0v) is 24.0. The number of hydrogen-bond acceptors (Lipinski definition) is 7. The van der Waals surface area contributed by atoms with Crippen LogP contribution >= 0.6 is 34.2 Å². The summed E-state index contributed by atoms with van der Waals surface area (Å²) < 4.78 is 50.7. The van der Waals surface area contributed by atoms with Gasteiger partial charge in [0, 0.05) is 16.8 Å². The minimum absolute atomic E-state index is 0.0311. The molecule has 0 radical (unpaired) electrons. The highest BCUT2D eigenvalue weighted by Gasteiger charge is 2.49. The number of rotatable bonds is 5. The molecule has 3 N–H and O–H groups in total. The van der Waals surface area contributed by atoms with E-state index in [1.807, 2.05) is 31.2 Å². The largest absolute Gasteiger partial charge is 0.418 e. The first-order chi connectivity index (χ1) is 18.9. The van der Waals surface area contributed by atoms with Crippen molar-refractivity contribution in [3.05, 3.63) is 80.0 Å². The third kappa shape index (κ3) is 5.25. The molecule has 0 bridgehead atoms. The molecule has 1 aliphatic heterocycles. The van der Waals surface area contributed by atoms with Crippen LogP contribution in [0.25, 0.3) is 16.9 Å². The monoisotopic (exact) mass is 689 g/mol. The standard InChI is InChI=1S/C26H24ClF3IN5O4/c1-12-5-3-4-6-15(12)20-17(31)10-35(34-20)21-22(38)19(11-37)40-24(23(21)39)25-32-13(2)33-36(25)18-9-14(27)7-8-16(18)26(28,29)30/h3-10,19,21-24,37-39H,11H2,1-2H3/t19-,21+,22+,23-,24-/m1/s1. The summed E-state index contributed by atoms with van der Waals surface area (Å²) in [5, 5.41) is 41.5. The fraction of sp³-hybridized carbons (Fsp3) is 0.346. The molecule has 5 rings (SSSR count). The lowest BCUT2D eigenvalue weighted by atomic mass is 9.92. The summed E-state index contributed by atoms with van der Waals surface area (Å²) in [6.07, 6.45) is -8.66. The van der Waals surface area contributed by atoms with E-state index < -0.39 is 54.5 Å². The number of aryl methyl sites for hydroxylation is 2. The van der Waals surface area contributed by atoms with E-state index in [1.165, 1.54) is 11.6 Å². The SMILES string of the molecule is Cc1nc([C@@H]2O[C@H](CO)[C@H](O)[C@H](n3cc(I)c(-c4ccccc4C)n3)[C@H]2O)n(-c2cc(Cl)ccc2C(F)(F)F)n1. The molecule has 1 fully saturated rings.